The number of ether oxygens (including phenoxy) is 1. The van der Waals surface area contributed by atoms with E-state index < -0.39 is 22.9 Å². The van der Waals surface area contributed by atoms with Crippen molar-refractivity contribution in [1.82, 2.24) is 0 Å². The van der Waals surface area contributed by atoms with Gasteiger partial charge >= 0.3 is 75.4 Å². The van der Waals surface area contributed by atoms with Crippen molar-refractivity contribution in [3.63, 3.8) is 0 Å². The van der Waals surface area contributed by atoms with Crippen LogP contribution in [0.5, 0.6) is 0 Å². The Kier molecular flexibility index (Phi) is 2.86. The van der Waals surface area contributed by atoms with E-state index in [9.17, 15) is 4.79 Å². The number of halogens is 1. The van der Waals surface area contributed by atoms with Crippen LogP contribution in [-0.2, 0) is 9.53 Å². The van der Waals surface area contributed by atoms with Gasteiger partial charge in [-0.3, -0.25) is 0 Å². The van der Waals surface area contributed by atoms with Gasteiger partial charge in [-0.1, -0.05) is 0 Å². The molecule has 0 unspecified atom stereocenters. The van der Waals surface area contributed by atoms with Gasteiger partial charge in [0, 0.05) is 0 Å². The summed E-state index contributed by atoms with van der Waals surface area (Å²) in [5, 5.41) is 0.696. The number of hydrogen-bond donors (Lipinski definition) is 0. The van der Waals surface area contributed by atoms with Gasteiger partial charge in [0.1, 0.15) is 0 Å². The number of allylic oxidation sites excluding steroid dienone is 2. The zero-order valence-corrected chi connectivity index (χ0v) is 9.48. The molecule has 1 aliphatic heterocycles. The fourth-order valence-corrected chi connectivity index (χ4v) is 4.25. The number of carbonyl (C=O) groups is 1. The van der Waals surface area contributed by atoms with E-state index in [4.69, 9.17) is 11.6 Å². The van der Waals surface area contributed by atoms with Gasteiger partial charge in [0.25, 0.3) is 0 Å². The van der Waals surface area contributed by atoms with Crippen LogP contribution in [0.4, 0.5) is 0 Å². The van der Waals surface area contributed by atoms with Crippen molar-refractivity contribution in [2.75, 3.05) is 7.11 Å². The molecule has 1 heterocycles. The predicted octanol–water partition coefficient (Wildman–Crippen LogP) is 0.841. The first-order valence-corrected chi connectivity index (χ1v) is 6.67. The molecule has 1 rings (SSSR count). The standard InChI is InChI=1S/C6H5ClO2.In/c1-5(7)3-4-6(8)9-2;/h1,3H,2H3;. The molecule has 0 bridgehead atoms. The number of carbonyl (C=O) groups excluding carboxylic acids is 1. The summed E-state index contributed by atoms with van der Waals surface area (Å²) in [6.45, 7) is 0. The van der Waals surface area contributed by atoms with Crippen molar-refractivity contribution in [3.05, 3.63) is 18.3 Å². The first kappa shape index (κ1) is 8.21. The van der Waals surface area contributed by atoms with Crippen LogP contribution in [0.2, 0.25) is 0 Å². The quantitative estimate of drug-likeness (QED) is 0.652. The van der Waals surface area contributed by atoms with Gasteiger partial charge in [-0.2, -0.15) is 0 Å². The number of esters is 1. The summed E-state index contributed by atoms with van der Waals surface area (Å²) in [6, 6.07) is 0. The summed E-state index contributed by atoms with van der Waals surface area (Å²) in [7, 11) is 1.39. The maximum absolute atomic E-state index is 10.8. The van der Waals surface area contributed by atoms with Crippen molar-refractivity contribution >= 4 is 40.5 Å². The third-order valence-electron chi connectivity index (χ3n) is 1.14. The van der Waals surface area contributed by atoms with Crippen LogP contribution in [0.1, 0.15) is 0 Å². The molecule has 2 nitrogen and oxygen atoms in total. The average molecular weight is 259 g/mol. The van der Waals surface area contributed by atoms with Gasteiger partial charge in [0.05, 0.1) is 0 Å². The van der Waals surface area contributed by atoms with E-state index in [0.29, 0.717) is 5.03 Å². The Balaban J connectivity index is 2.63. The molecule has 0 saturated heterocycles. The van der Waals surface area contributed by atoms with Crippen LogP contribution in [0.15, 0.2) is 18.3 Å². The molecule has 0 aromatic rings. The average Bonchev–Trinajstić information content (AvgIpc) is 2.34. The molecular formula is C6H5ClInO2. The molecule has 1 aliphatic rings. The van der Waals surface area contributed by atoms with Gasteiger partial charge < -0.3 is 0 Å². The molecule has 0 aromatic carbocycles. The first-order chi connectivity index (χ1) is 4.74. The zero-order chi connectivity index (χ0) is 7.56. The number of hydrogen-bond acceptors (Lipinski definition) is 2. The summed E-state index contributed by atoms with van der Waals surface area (Å²) in [5.74, 6) is -0.215. The van der Waals surface area contributed by atoms with Crippen LogP contribution < -0.4 is 0 Å². The molecule has 0 aromatic heterocycles. The second-order valence-corrected chi connectivity index (χ2v) is 5.92. The summed E-state index contributed by atoms with van der Waals surface area (Å²) in [4.78, 5) is 10.8. The van der Waals surface area contributed by atoms with Crippen molar-refractivity contribution in [3.8, 4) is 0 Å². The molecule has 51 valence electrons. The first-order valence-electron chi connectivity index (χ1n) is 2.74. The van der Waals surface area contributed by atoms with Gasteiger partial charge in [-0.05, 0) is 0 Å². The zero-order valence-electron chi connectivity index (χ0n) is 5.43. The van der Waals surface area contributed by atoms with Gasteiger partial charge in [-0.15, -0.1) is 0 Å². The van der Waals surface area contributed by atoms with Gasteiger partial charge in [-0.25, -0.2) is 0 Å². The Labute approximate surface area is 75.2 Å². The molecule has 4 heteroatoms. The topological polar surface area (TPSA) is 26.3 Å². The minimum atomic E-state index is -0.977. The third-order valence-corrected chi connectivity index (χ3v) is 5.65. The number of methoxy groups -OCH3 is 1. The van der Waals surface area contributed by atoms with E-state index in [1.807, 2.05) is 3.83 Å². The SMILES string of the molecule is COC(=O)[C]1=CC(Cl)=[CH][In]1. The van der Waals surface area contributed by atoms with Crippen LogP contribution in [-0.4, -0.2) is 36.0 Å². The molecule has 10 heavy (non-hydrogen) atoms. The summed E-state index contributed by atoms with van der Waals surface area (Å²) in [5.41, 5.74) is 0. The van der Waals surface area contributed by atoms with E-state index >= 15 is 0 Å². The van der Waals surface area contributed by atoms with Crippen LogP contribution in [0, 0.1) is 0 Å². The minimum absolute atomic E-state index is 0.215. The summed E-state index contributed by atoms with van der Waals surface area (Å²) in [6.07, 6.45) is 1.70. The van der Waals surface area contributed by atoms with E-state index in [0.717, 1.165) is 3.33 Å². The van der Waals surface area contributed by atoms with Crippen molar-refractivity contribution in [2.24, 2.45) is 0 Å². The molecule has 0 fully saturated rings. The molecule has 0 aliphatic carbocycles. The normalized spacial score (nSPS) is 15.4. The maximum atomic E-state index is 10.8. The van der Waals surface area contributed by atoms with E-state index in [1.54, 1.807) is 6.08 Å². The third kappa shape index (κ3) is 1.80. The van der Waals surface area contributed by atoms with Crippen molar-refractivity contribution in [1.29, 1.82) is 0 Å². The Hall–Kier alpha value is 0.110. The van der Waals surface area contributed by atoms with Crippen LogP contribution in [0.3, 0.4) is 0 Å². The Morgan fingerprint density at radius 2 is 2.50 bits per heavy atom. The van der Waals surface area contributed by atoms with E-state index in [2.05, 4.69) is 4.74 Å². The second kappa shape index (κ2) is 3.49. The van der Waals surface area contributed by atoms with Crippen molar-refractivity contribution < 1.29 is 9.53 Å². The van der Waals surface area contributed by atoms with Crippen molar-refractivity contribution in [2.45, 2.75) is 0 Å². The molecule has 0 N–H and O–H groups in total. The Morgan fingerprint density at radius 1 is 1.80 bits per heavy atom. The van der Waals surface area contributed by atoms with Gasteiger partial charge in [0.2, 0.25) is 0 Å². The van der Waals surface area contributed by atoms with E-state index in [1.165, 1.54) is 7.11 Å². The molecule has 0 saturated carbocycles. The molecule has 0 atom stereocenters. The molecule has 1 radical (unpaired) electrons. The molecular weight excluding hydrogens is 254 g/mol. The second-order valence-electron chi connectivity index (χ2n) is 1.81. The van der Waals surface area contributed by atoms with Gasteiger partial charge in [0.15, 0.2) is 0 Å². The summed E-state index contributed by atoms with van der Waals surface area (Å²) < 4.78 is 7.30. The molecule has 0 amide bonds. The molecule has 0 spiro atoms. The van der Waals surface area contributed by atoms with Crippen LogP contribution >= 0.6 is 11.6 Å². The predicted molar refractivity (Wildman–Crippen MR) is 39.8 cm³/mol. The monoisotopic (exact) mass is 259 g/mol. The van der Waals surface area contributed by atoms with Crippen LogP contribution in [0.25, 0.3) is 0 Å². The summed E-state index contributed by atoms with van der Waals surface area (Å²) >= 11 is 4.65. The Bertz CT molecular complexity index is 220. The Morgan fingerprint density at radius 3 is 2.90 bits per heavy atom. The fourth-order valence-electron chi connectivity index (χ4n) is 0.659. The fraction of sp³-hybridized carbons (Fsp3) is 0.167. The van der Waals surface area contributed by atoms with E-state index in [-0.39, 0.29) is 5.97 Å². The number of rotatable bonds is 1.